The van der Waals surface area contributed by atoms with Crippen molar-refractivity contribution in [3.05, 3.63) is 102 Å². The van der Waals surface area contributed by atoms with Crippen LogP contribution in [0.15, 0.2) is 73.1 Å². The number of aromatic nitrogens is 5. The molecule has 7 rings (SSSR count). The maximum Gasteiger partial charge on any atom is 0.318 e. The van der Waals surface area contributed by atoms with E-state index < -0.39 is 53.7 Å². The van der Waals surface area contributed by atoms with Gasteiger partial charge in [-0.1, -0.05) is 35.5 Å². The number of hydrogen-bond acceptors (Lipinski definition) is 8. The Hall–Kier alpha value is -5.35. The first-order chi connectivity index (χ1) is 26.1. The molecular weight excluding hydrogens is 703 g/mol. The molecular formula is C38H42F3N9O4. The summed E-state index contributed by atoms with van der Waals surface area (Å²) in [6.07, 6.45) is 5.68. The molecule has 2 aromatic heterocycles. The predicted molar refractivity (Wildman–Crippen MR) is 190 cm³/mol. The van der Waals surface area contributed by atoms with Crippen LogP contribution in [0.1, 0.15) is 42.9 Å². The van der Waals surface area contributed by atoms with Crippen LogP contribution in [0.25, 0.3) is 11.3 Å². The SMILES string of the molecule is CC(Cn1cc(CN2C(=O)C=CC2=O)nn1)NC(=O)N(C[C@@H]1CNC[C@@H]1F)[C@@H](c1nc(-c2cc(F)ccc2F)cn1Cc1ccccc1)C1CCOCC1. The number of nitrogens with zero attached hydrogens (tertiary/aromatic N) is 7. The highest BCUT2D eigenvalue weighted by Crippen LogP contribution is 2.38. The number of carbonyl (C=O) groups is 3. The molecule has 4 atom stereocenters. The van der Waals surface area contributed by atoms with Crippen LogP contribution in [0.5, 0.6) is 0 Å². The summed E-state index contributed by atoms with van der Waals surface area (Å²) in [6, 6.07) is 11.2. The number of hydrogen-bond donors (Lipinski definition) is 2. The molecule has 0 radical (unpaired) electrons. The fourth-order valence-corrected chi connectivity index (χ4v) is 7.36. The van der Waals surface area contributed by atoms with E-state index in [1.165, 1.54) is 16.8 Å². The van der Waals surface area contributed by atoms with Crippen LogP contribution in [-0.4, -0.2) is 97.3 Å². The minimum atomic E-state index is -1.19. The Bertz CT molecular complexity index is 1980. The molecule has 54 heavy (non-hydrogen) atoms. The van der Waals surface area contributed by atoms with Gasteiger partial charge in [-0.25, -0.2) is 22.9 Å². The smallest absolute Gasteiger partial charge is 0.318 e. The lowest BCUT2D eigenvalue weighted by Crippen LogP contribution is -2.51. The molecule has 2 aromatic carbocycles. The fraction of sp³-hybridized carbons (Fsp3) is 0.421. The Kier molecular flexibility index (Phi) is 11.2. The quantitative estimate of drug-likeness (QED) is 0.196. The molecule has 0 spiro atoms. The van der Waals surface area contributed by atoms with Crippen molar-refractivity contribution in [2.24, 2.45) is 11.8 Å². The second-order valence-corrected chi connectivity index (χ2v) is 14.1. The number of rotatable bonds is 13. The second-order valence-electron chi connectivity index (χ2n) is 14.1. The highest BCUT2D eigenvalue weighted by Gasteiger charge is 2.40. The lowest BCUT2D eigenvalue weighted by atomic mass is 9.89. The first-order valence-corrected chi connectivity index (χ1v) is 18.1. The van der Waals surface area contributed by atoms with Crippen molar-refractivity contribution in [3.8, 4) is 11.3 Å². The minimum absolute atomic E-state index is 0.0100. The van der Waals surface area contributed by atoms with Crippen molar-refractivity contribution in [3.63, 3.8) is 0 Å². The van der Waals surface area contributed by atoms with Gasteiger partial charge in [-0.05, 0) is 49.4 Å². The molecule has 16 heteroatoms. The van der Waals surface area contributed by atoms with E-state index >= 15 is 8.78 Å². The van der Waals surface area contributed by atoms with Gasteiger partial charge in [0.15, 0.2) is 0 Å². The lowest BCUT2D eigenvalue weighted by molar-refractivity contribution is -0.137. The number of halogens is 3. The molecule has 4 amide bonds. The largest absolute Gasteiger partial charge is 0.381 e. The summed E-state index contributed by atoms with van der Waals surface area (Å²) in [5, 5.41) is 14.4. The zero-order valence-corrected chi connectivity index (χ0v) is 29.8. The molecule has 5 heterocycles. The van der Waals surface area contributed by atoms with E-state index in [0.29, 0.717) is 50.7 Å². The van der Waals surface area contributed by atoms with E-state index in [1.807, 2.05) is 34.9 Å². The molecule has 0 saturated carbocycles. The van der Waals surface area contributed by atoms with Crippen molar-refractivity contribution >= 4 is 17.8 Å². The third-order valence-corrected chi connectivity index (χ3v) is 10.1. The van der Waals surface area contributed by atoms with Gasteiger partial charge < -0.3 is 24.8 Å². The fourth-order valence-electron chi connectivity index (χ4n) is 7.36. The minimum Gasteiger partial charge on any atom is -0.381 e. The van der Waals surface area contributed by atoms with Crippen LogP contribution >= 0.6 is 0 Å². The molecule has 2 saturated heterocycles. The predicted octanol–water partition coefficient (Wildman–Crippen LogP) is 4.02. The van der Waals surface area contributed by atoms with Crippen molar-refractivity contribution < 1.29 is 32.3 Å². The zero-order valence-electron chi connectivity index (χ0n) is 29.8. The third kappa shape index (κ3) is 8.39. The summed E-state index contributed by atoms with van der Waals surface area (Å²) < 4.78 is 54.2. The summed E-state index contributed by atoms with van der Waals surface area (Å²) in [7, 11) is 0. The van der Waals surface area contributed by atoms with Gasteiger partial charge in [-0.15, -0.1) is 5.10 Å². The van der Waals surface area contributed by atoms with Crippen molar-refractivity contribution in [1.82, 2.24) is 45.0 Å². The Morgan fingerprint density at radius 2 is 1.80 bits per heavy atom. The topological polar surface area (TPSA) is 140 Å². The summed E-state index contributed by atoms with van der Waals surface area (Å²) in [5.74, 6) is -2.30. The number of alkyl halides is 1. The van der Waals surface area contributed by atoms with Gasteiger partial charge in [0.25, 0.3) is 11.8 Å². The van der Waals surface area contributed by atoms with Crippen LogP contribution in [0, 0.1) is 23.5 Å². The monoisotopic (exact) mass is 745 g/mol. The molecule has 4 aromatic rings. The van der Waals surface area contributed by atoms with E-state index in [-0.39, 0.29) is 43.4 Å². The zero-order chi connectivity index (χ0) is 37.8. The van der Waals surface area contributed by atoms with E-state index in [0.717, 1.165) is 28.7 Å². The summed E-state index contributed by atoms with van der Waals surface area (Å²) in [6.45, 7) is 3.82. The van der Waals surface area contributed by atoms with Gasteiger partial charge in [0, 0.05) is 75.3 Å². The van der Waals surface area contributed by atoms with Gasteiger partial charge in [-0.2, -0.15) is 0 Å². The maximum absolute atomic E-state index is 15.3. The first-order valence-electron chi connectivity index (χ1n) is 18.1. The molecule has 3 aliphatic rings. The molecule has 3 aliphatic heterocycles. The van der Waals surface area contributed by atoms with E-state index in [9.17, 15) is 18.8 Å². The van der Waals surface area contributed by atoms with E-state index in [2.05, 4.69) is 20.9 Å². The number of imide groups is 1. The number of ether oxygens (including phenoxy) is 1. The molecule has 0 aliphatic carbocycles. The highest BCUT2D eigenvalue weighted by molar-refractivity contribution is 6.12. The van der Waals surface area contributed by atoms with Gasteiger partial charge in [0.1, 0.15) is 29.3 Å². The van der Waals surface area contributed by atoms with E-state index in [1.54, 1.807) is 24.2 Å². The number of urea groups is 1. The van der Waals surface area contributed by atoms with Crippen molar-refractivity contribution in [2.45, 2.75) is 57.7 Å². The molecule has 1 unspecified atom stereocenters. The summed E-state index contributed by atoms with van der Waals surface area (Å²) in [5.41, 5.74) is 1.54. The third-order valence-electron chi connectivity index (χ3n) is 10.1. The Morgan fingerprint density at radius 3 is 2.52 bits per heavy atom. The molecule has 2 fully saturated rings. The standard InChI is InChI=1S/C38H42F3N9O4/c1-24(18-48-21-29(45-46-48)22-49-34(51)9-10-35(49)52)43-38(53)50(20-27-16-42-17-32(27)41)36(26-11-13-54-14-12-26)37-44-33(30-15-28(39)7-8-31(30)40)23-47(37)19-25-5-3-2-4-6-25/h2-10,15,21,23-24,26-27,32,36,42H,11-14,16-20,22H2,1H3,(H,43,53)/t24?,27-,32-,36+/m0/s1. The maximum atomic E-state index is 15.3. The highest BCUT2D eigenvalue weighted by atomic mass is 19.1. The van der Waals surface area contributed by atoms with E-state index in [4.69, 9.17) is 9.72 Å². The molecule has 2 N–H and O–H groups in total. The molecule has 0 bridgehead atoms. The number of carbonyl (C=O) groups excluding carboxylic acids is 3. The van der Waals surface area contributed by atoms with Crippen molar-refractivity contribution in [1.29, 1.82) is 0 Å². The Labute approximate surface area is 310 Å². The van der Waals surface area contributed by atoms with Crippen LogP contribution in [0.3, 0.4) is 0 Å². The number of imidazole rings is 1. The van der Waals surface area contributed by atoms with Crippen molar-refractivity contribution in [2.75, 3.05) is 32.8 Å². The Balaban J connectivity index is 1.22. The van der Waals surface area contributed by atoms with Crippen LogP contribution in [0.2, 0.25) is 0 Å². The van der Waals surface area contributed by atoms with Crippen LogP contribution in [0.4, 0.5) is 18.0 Å². The molecule has 284 valence electrons. The Morgan fingerprint density at radius 1 is 1.04 bits per heavy atom. The van der Waals surface area contributed by atoms with Gasteiger partial charge in [0.05, 0.1) is 31.0 Å². The second kappa shape index (κ2) is 16.3. The van der Waals surface area contributed by atoms with Crippen LogP contribution < -0.4 is 10.6 Å². The van der Waals surface area contributed by atoms with Gasteiger partial charge in [0.2, 0.25) is 0 Å². The number of nitrogens with one attached hydrogen (secondary N) is 2. The summed E-state index contributed by atoms with van der Waals surface area (Å²) in [4.78, 5) is 46.3. The molecule has 13 nitrogen and oxygen atoms in total. The van der Waals surface area contributed by atoms with Gasteiger partial charge in [-0.3, -0.25) is 19.2 Å². The average molecular weight is 746 g/mol. The van der Waals surface area contributed by atoms with Crippen LogP contribution in [-0.2, 0) is 34.0 Å². The normalized spacial score (nSPS) is 20.1. The number of amides is 4. The van der Waals surface area contributed by atoms with Gasteiger partial charge >= 0.3 is 6.03 Å². The lowest BCUT2D eigenvalue weighted by Gasteiger charge is -2.40. The number of benzene rings is 2. The summed E-state index contributed by atoms with van der Waals surface area (Å²) >= 11 is 0. The average Bonchev–Trinajstić information content (AvgIpc) is 3.96. The first kappa shape index (κ1) is 37.0.